The van der Waals surface area contributed by atoms with E-state index in [2.05, 4.69) is 15.2 Å². The molecule has 0 aliphatic heterocycles. The molecule has 0 aliphatic rings. The summed E-state index contributed by atoms with van der Waals surface area (Å²) in [6, 6.07) is 17.8. The molecule has 0 saturated carbocycles. The summed E-state index contributed by atoms with van der Waals surface area (Å²) < 4.78 is 1.98. The first-order valence-corrected chi connectivity index (χ1v) is 10.7. The number of nitrogens with zero attached hydrogens (tertiary/aromatic N) is 7. The second-order valence-corrected chi connectivity index (χ2v) is 7.54. The summed E-state index contributed by atoms with van der Waals surface area (Å²) in [7, 11) is 0. The second-order valence-electron chi connectivity index (χ2n) is 6.60. The zero-order valence-electron chi connectivity index (χ0n) is 16.9. The fourth-order valence-corrected chi connectivity index (χ4v) is 3.81. The van der Waals surface area contributed by atoms with E-state index in [1.807, 2.05) is 59.2 Å². The number of thioether (sulfide) groups is 1. The lowest BCUT2D eigenvalue weighted by Crippen LogP contribution is -2.34. The highest BCUT2D eigenvalue weighted by Crippen LogP contribution is 2.25. The molecular formula is C22H21N7OS. The van der Waals surface area contributed by atoms with E-state index in [9.17, 15) is 4.79 Å². The van der Waals surface area contributed by atoms with Crippen LogP contribution < -0.4 is 0 Å². The lowest BCUT2D eigenvalue weighted by atomic mass is 10.2. The molecule has 9 heteroatoms. The summed E-state index contributed by atoms with van der Waals surface area (Å²) in [6.07, 6.45) is 3.88. The molecule has 0 N–H and O–H groups in total. The summed E-state index contributed by atoms with van der Waals surface area (Å²) in [5, 5.41) is 27.0. The van der Waals surface area contributed by atoms with Gasteiger partial charge in [0.25, 0.3) is 0 Å². The van der Waals surface area contributed by atoms with Crippen LogP contribution in [0.4, 0.5) is 0 Å². The normalized spacial score (nSPS) is 10.3. The first-order chi connectivity index (χ1) is 15.2. The number of nitriles is 2. The van der Waals surface area contributed by atoms with Crippen LogP contribution in [0, 0.1) is 22.7 Å². The lowest BCUT2D eigenvalue weighted by Gasteiger charge is -2.20. The van der Waals surface area contributed by atoms with E-state index in [0.717, 1.165) is 11.1 Å². The smallest absolute Gasteiger partial charge is 0.233 e. The van der Waals surface area contributed by atoms with Gasteiger partial charge in [0.1, 0.15) is 0 Å². The second kappa shape index (κ2) is 11.5. The highest BCUT2D eigenvalue weighted by molar-refractivity contribution is 7.99. The van der Waals surface area contributed by atoms with Gasteiger partial charge in [0.2, 0.25) is 5.91 Å². The van der Waals surface area contributed by atoms with Crippen LogP contribution in [0.15, 0.2) is 60.0 Å². The van der Waals surface area contributed by atoms with Crippen molar-refractivity contribution in [1.82, 2.24) is 24.6 Å². The Morgan fingerprint density at radius 2 is 1.68 bits per heavy atom. The standard InChI is InChI=1S/C22H21N7OS/c23-10-4-14-28(15-5-11-24)20(30)17-31-22-27-26-21(19-8-12-25-13-9-19)29(22)16-18-6-2-1-3-7-18/h1-3,6-9,12-13H,4-5,14-17H2. The molecule has 0 fully saturated rings. The van der Waals surface area contributed by atoms with E-state index in [0.29, 0.717) is 30.6 Å². The third-order valence-corrected chi connectivity index (χ3v) is 5.45. The zero-order chi connectivity index (χ0) is 21.9. The van der Waals surface area contributed by atoms with E-state index in [4.69, 9.17) is 10.5 Å². The number of hydrogen-bond donors (Lipinski definition) is 0. The van der Waals surface area contributed by atoms with Crippen molar-refractivity contribution in [3.05, 3.63) is 60.4 Å². The molecule has 0 bridgehead atoms. The van der Waals surface area contributed by atoms with Gasteiger partial charge in [-0.25, -0.2) is 0 Å². The van der Waals surface area contributed by atoms with Crippen LogP contribution in [0.3, 0.4) is 0 Å². The minimum atomic E-state index is -0.129. The van der Waals surface area contributed by atoms with Gasteiger partial charge < -0.3 is 4.90 Å². The Labute approximate surface area is 185 Å². The van der Waals surface area contributed by atoms with Crippen molar-refractivity contribution in [3.8, 4) is 23.5 Å². The van der Waals surface area contributed by atoms with Gasteiger partial charge in [-0.2, -0.15) is 10.5 Å². The lowest BCUT2D eigenvalue weighted by molar-refractivity contribution is -0.128. The maximum Gasteiger partial charge on any atom is 0.233 e. The number of carbonyl (C=O) groups excluding carboxylic acids is 1. The molecule has 0 saturated heterocycles. The van der Waals surface area contributed by atoms with E-state index < -0.39 is 0 Å². The van der Waals surface area contributed by atoms with Crippen LogP contribution in [0.5, 0.6) is 0 Å². The summed E-state index contributed by atoms with van der Waals surface area (Å²) in [4.78, 5) is 18.3. The summed E-state index contributed by atoms with van der Waals surface area (Å²) in [5.41, 5.74) is 1.98. The summed E-state index contributed by atoms with van der Waals surface area (Å²) >= 11 is 1.30. The molecule has 0 aliphatic carbocycles. The Morgan fingerprint density at radius 1 is 1.00 bits per heavy atom. The number of rotatable bonds is 10. The quantitative estimate of drug-likeness (QED) is 0.453. The molecule has 0 atom stereocenters. The van der Waals surface area contributed by atoms with Gasteiger partial charge in [0.15, 0.2) is 11.0 Å². The Kier molecular flexibility index (Phi) is 8.15. The predicted octanol–water partition coefficient (Wildman–Crippen LogP) is 3.14. The molecular weight excluding hydrogens is 410 g/mol. The Hall–Kier alpha value is -3.69. The van der Waals surface area contributed by atoms with Gasteiger partial charge in [-0.05, 0) is 17.7 Å². The first kappa shape index (κ1) is 22.0. The van der Waals surface area contributed by atoms with E-state index in [1.165, 1.54) is 11.8 Å². The third kappa shape index (κ3) is 6.14. The van der Waals surface area contributed by atoms with Gasteiger partial charge in [0, 0.05) is 31.0 Å². The van der Waals surface area contributed by atoms with Crippen LogP contribution in [0.25, 0.3) is 11.4 Å². The molecule has 0 radical (unpaired) electrons. The van der Waals surface area contributed by atoms with Crippen molar-refractivity contribution in [1.29, 1.82) is 10.5 Å². The van der Waals surface area contributed by atoms with E-state index in [1.54, 1.807) is 17.3 Å². The van der Waals surface area contributed by atoms with Gasteiger partial charge in [-0.15, -0.1) is 10.2 Å². The number of aromatic nitrogens is 4. The Bertz CT molecular complexity index is 1050. The van der Waals surface area contributed by atoms with Crippen molar-refractivity contribution < 1.29 is 4.79 Å². The topological polar surface area (TPSA) is 111 Å². The number of carbonyl (C=O) groups is 1. The van der Waals surface area contributed by atoms with Crippen LogP contribution >= 0.6 is 11.8 Å². The molecule has 1 amide bonds. The SMILES string of the molecule is N#CCCN(CCC#N)C(=O)CSc1nnc(-c2ccncc2)n1Cc1ccccc1. The summed E-state index contributed by atoms with van der Waals surface area (Å²) in [6.45, 7) is 1.20. The average Bonchev–Trinajstić information content (AvgIpc) is 3.21. The molecule has 2 aromatic heterocycles. The van der Waals surface area contributed by atoms with Crippen molar-refractivity contribution in [2.24, 2.45) is 0 Å². The van der Waals surface area contributed by atoms with Gasteiger partial charge in [-0.1, -0.05) is 42.1 Å². The Balaban J connectivity index is 1.80. The molecule has 8 nitrogen and oxygen atoms in total. The van der Waals surface area contributed by atoms with Crippen molar-refractivity contribution >= 4 is 17.7 Å². The van der Waals surface area contributed by atoms with Crippen LogP contribution in [0.2, 0.25) is 0 Å². The van der Waals surface area contributed by atoms with Gasteiger partial charge in [-0.3, -0.25) is 14.3 Å². The zero-order valence-corrected chi connectivity index (χ0v) is 17.7. The van der Waals surface area contributed by atoms with E-state index >= 15 is 0 Å². The molecule has 3 rings (SSSR count). The number of hydrogen-bond acceptors (Lipinski definition) is 7. The minimum absolute atomic E-state index is 0.129. The highest BCUT2D eigenvalue weighted by Gasteiger charge is 2.18. The average molecular weight is 432 g/mol. The number of amides is 1. The molecule has 31 heavy (non-hydrogen) atoms. The summed E-state index contributed by atoms with van der Waals surface area (Å²) in [5.74, 6) is 0.724. The van der Waals surface area contributed by atoms with Gasteiger partial charge >= 0.3 is 0 Å². The van der Waals surface area contributed by atoms with Crippen molar-refractivity contribution in [2.75, 3.05) is 18.8 Å². The largest absolute Gasteiger partial charge is 0.340 e. The Morgan fingerprint density at radius 3 is 2.32 bits per heavy atom. The highest BCUT2D eigenvalue weighted by atomic mass is 32.2. The maximum absolute atomic E-state index is 12.7. The first-order valence-electron chi connectivity index (χ1n) is 9.75. The molecule has 0 unspecified atom stereocenters. The molecule has 1 aromatic carbocycles. The molecule has 156 valence electrons. The minimum Gasteiger partial charge on any atom is -0.340 e. The van der Waals surface area contributed by atoms with Crippen LogP contribution in [-0.4, -0.2) is 49.4 Å². The molecule has 3 aromatic rings. The molecule has 0 spiro atoms. The van der Waals surface area contributed by atoms with Crippen molar-refractivity contribution in [2.45, 2.75) is 24.5 Å². The number of benzene rings is 1. The van der Waals surface area contributed by atoms with E-state index in [-0.39, 0.29) is 24.5 Å². The third-order valence-electron chi connectivity index (χ3n) is 4.50. The monoisotopic (exact) mass is 431 g/mol. The van der Waals surface area contributed by atoms with Crippen LogP contribution in [-0.2, 0) is 11.3 Å². The fraction of sp³-hybridized carbons (Fsp3) is 0.273. The van der Waals surface area contributed by atoms with Gasteiger partial charge in [0.05, 0.1) is 37.3 Å². The predicted molar refractivity (Wildman–Crippen MR) is 117 cm³/mol. The number of pyridine rings is 1. The maximum atomic E-state index is 12.7. The molecule has 2 heterocycles. The van der Waals surface area contributed by atoms with Crippen LogP contribution in [0.1, 0.15) is 18.4 Å². The van der Waals surface area contributed by atoms with Crippen molar-refractivity contribution in [3.63, 3.8) is 0 Å². The fourth-order valence-electron chi connectivity index (χ4n) is 2.97.